The van der Waals surface area contributed by atoms with Gasteiger partial charge in [-0.1, -0.05) is 76.9 Å². The first-order valence-corrected chi connectivity index (χ1v) is 13.1. The van der Waals surface area contributed by atoms with Crippen LogP contribution in [0.4, 0.5) is 0 Å². The molecule has 0 aliphatic carbocycles. The van der Waals surface area contributed by atoms with Gasteiger partial charge in [0.05, 0.1) is 10.9 Å². The van der Waals surface area contributed by atoms with Gasteiger partial charge in [0.25, 0.3) is 15.9 Å². The van der Waals surface area contributed by atoms with E-state index < -0.39 is 34.0 Å². The summed E-state index contributed by atoms with van der Waals surface area (Å²) in [7, 11) is -4.40. The molecule has 7 nitrogen and oxygen atoms in total. The average Bonchev–Trinajstić information content (AvgIpc) is 2.80. The van der Waals surface area contributed by atoms with Crippen LogP contribution in [0.25, 0.3) is 0 Å². The minimum atomic E-state index is -4.40. The molecule has 0 unspecified atom stereocenters. The lowest BCUT2D eigenvalue weighted by atomic mass is 9.87. The van der Waals surface area contributed by atoms with E-state index in [-0.39, 0.29) is 16.7 Å². The van der Waals surface area contributed by atoms with Crippen molar-refractivity contribution in [3.8, 4) is 0 Å². The third kappa shape index (κ3) is 5.50. The summed E-state index contributed by atoms with van der Waals surface area (Å²) in [5.41, 5.74) is 2.75. The van der Waals surface area contributed by atoms with Crippen molar-refractivity contribution in [2.45, 2.75) is 82.3 Å². The normalized spacial score (nSPS) is 17.0. The van der Waals surface area contributed by atoms with Gasteiger partial charge in [-0.2, -0.15) is 0 Å². The van der Waals surface area contributed by atoms with Gasteiger partial charge in [0.1, 0.15) is 6.04 Å². The van der Waals surface area contributed by atoms with Gasteiger partial charge in [-0.15, -0.1) is 0 Å². The number of amides is 1. The van der Waals surface area contributed by atoms with Crippen LogP contribution in [0.2, 0.25) is 0 Å². The van der Waals surface area contributed by atoms with Crippen LogP contribution in [0, 0.1) is 0 Å². The molecule has 8 heteroatoms. The van der Waals surface area contributed by atoms with Crippen molar-refractivity contribution >= 4 is 21.9 Å². The van der Waals surface area contributed by atoms with Gasteiger partial charge in [-0.25, -0.2) is 17.5 Å². The van der Waals surface area contributed by atoms with Gasteiger partial charge >= 0.3 is 5.97 Å². The first-order valence-electron chi connectivity index (χ1n) is 11.7. The Balaban J connectivity index is 2.02. The van der Waals surface area contributed by atoms with Crippen molar-refractivity contribution < 1.29 is 23.1 Å². The number of carboxylic acids is 1. The SMILES string of the molecule is CCCC[C@@H](C(=O)O)N(C(=O)[C@@H]1Cc2ccccc2CN1)S(=O)(=O)c1ccc(C(C)(C)C)cc1. The molecule has 1 amide bonds. The van der Waals surface area contributed by atoms with Crippen molar-refractivity contribution in [2.75, 3.05) is 0 Å². The summed E-state index contributed by atoms with van der Waals surface area (Å²) in [6.45, 7) is 8.36. The second kappa shape index (κ2) is 10.3. The van der Waals surface area contributed by atoms with Crippen molar-refractivity contribution in [2.24, 2.45) is 0 Å². The first-order chi connectivity index (χ1) is 16.0. The van der Waals surface area contributed by atoms with E-state index in [0.29, 0.717) is 30.1 Å². The summed E-state index contributed by atoms with van der Waals surface area (Å²) in [4.78, 5) is 25.8. The molecule has 0 saturated heterocycles. The monoisotopic (exact) mass is 486 g/mol. The maximum absolute atomic E-state index is 13.7. The number of fused-ring (bicyclic) bond motifs is 1. The minimum absolute atomic E-state index is 0.0557. The van der Waals surface area contributed by atoms with Crippen LogP contribution in [0.15, 0.2) is 53.4 Å². The van der Waals surface area contributed by atoms with Crippen molar-refractivity contribution in [1.82, 2.24) is 9.62 Å². The molecule has 2 aromatic carbocycles. The molecule has 1 heterocycles. The second-order valence-electron chi connectivity index (χ2n) is 9.82. The molecule has 1 aliphatic rings. The average molecular weight is 487 g/mol. The van der Waals surface area contributed by atoms with Gasteiger partial charge in [-0.3, -0.25) is 4.79 Å². The number of aliphatic carboxylic acids is 1. The summed E-state index contributed by atoms with van der Waals surface area (Å²) in [5.74, 6) is -2.06. The summed E-state index contributed by atoms with van der Waals surface area (Å²) in [6.07, 6.45) is 1.52. The van der Waals surface area contributed by atoms with Crippen LogP contribution in [0.5, 0.6) is 0 Å². The maximum Gasteiger partial charge on any atom is 0.327 e. The number of nitrogens with zero attached hydrogens (tertiary/aromatic N) is 1. The van der Waals surface area contributed by atoms with E-state index in [4.69, 9.17) is 0 Å². The molecule has 0 saturated carbocycles. The Labute approximate surface area is 202 Å². The number of nitrogens with one attached hydrogen (secondary N) is 1. The highest BCUT2D eigenvalue weighted by Crippen LogP contribution is 2.28. The highest BCUT2D eigenvalue weighted by molar-refractivity contribution is 7.89. The van der Waals surface area contributed by atoms with E-state index in [2.05, 4.69) is 5.32 Å². The standard InChI is InChI=1S/C26H34N2O5S/c1-5-6-11-23(25(30)31)28(24(29)22-16-18-9-7-8-10-19(18)17-27-22)34(32,33)21-14-12-20(13-15-21)26(2,3)4/h7-10,12-15,22-23,27H,5-6,11,16-17H2,1-4H3,(H,30,31)/t22-,23-/m0/s1. The number of carbonyl (C=O) groups excluding carboxylic acids is 1. The quantitative estimate of drug-likeness (QED) is 0.587. The molecule has 2 N–H and O–H groups in total. The largest absolute Gasteiger partial charge is 0.480 e. The summed E-state index contributed by atoms with van der Waals surface area (Å²) in [5, 5.41) is 13.1. The molecule has 0 aromatic heterocycles. The summed E-state index contributed by atoms with van der Waals surface area (Å²) < 4.78 is 28.1. The topological polar surface area (TPSA) is 104 Å². The van der Waals surface area contributed by atoms with Gasteiger partial charge in [0.15, 0.2) is 0 Å². The molecular formula is C26H34N2O5S. The fourth-order valence-corrected chi connectivity index (χ4v) is 5.80. The van der Waals surface area contributed by atoms with Gasteiger partial charge in [-0.05, 0) is 47.1 Å². The first kappa shape index (κ1) is 25.9. The van der Waals surface area contributed by atoms with Gasteiger partial charge < -0.3 is 10.4 Å². The lowest BCUT2D eigenvalue weighted by Gasteiger charge is -2.34. The molecule has 184 valence electrons. The van der Waals surface area contributed by atoms with Crippen molar-refractivity contribution in [3.63, 3.8) is 0 Å². The van der Waals surface area contributed by atoms with E-state index in [1.165, 1.54) is 12.1 Å². The van der Waals surface area contributed by atoms with Crippen LogP contribution >= 0.6 is 0 Å². The Morgan fingerprint density at radius 3 is 2.26 bits per heavy atom. The number of benzene rings is 2. The molecule has 34 heavy (non-hydrogen) atoms. The van der Waals surface area contributed by atoms with Crippen LogP contribution in [-0.2, 0) is 38.0 Å². The zero-order valence-electron chi connectivity index (χ0n) is 20.2. The molecule has 0 fully saturated rings. The lowest BCUT2D eigenvalue weighted by molar-refractivity contribution is -0.147. The van der Waals surface area contributed by atoms with E-state index in [1.807, 2.05) is 52.0 Å². The number of sulfonamides is 1. The fourth-order valence-electron chi connectivity index (χ4n) is 4.20. The lowest BCUT2D eigenvalue weighted by Crippen LogP contribution is -2.56. The Morgan fingerprint density at radius 1 is 1.09 bits per heavy atom. The van der Waals surface area contributed by atoms with Crippen molar-refractivity contribution in [1.29, 1.82) is 0 Å². The van der Waals surface area contributed by atoms with Crippen LogP contribution in [0.3, 0.4) is 0 Å². The van der Waals surface area contributed by atoms with E-state index in [0.717, 1.165) is 16.7 Å². The summed E-state index contributed by atoms with van der Waals surface area (Å²) >= 11 is 0. The zero-order valence-corrected chi connectivity index (χ0v) is 21.1. The van der Waals surface area contributed by atoms with E-state index in [1.54, 1.807) is 12.1 Å². The van der Waals surface area contributed by atoms with Crippen LogP contribution in [0.1, 0.15) is 63.6 Å². The fraction of sp³-hybridized carbons (Fsp3) is 0.462. The number of hydrogen-bond donors (Lipinski definition) is 2. The molecule has 2 aromatic rings. The van der Waals surface area contributed by atoms with Gasteiger partial charge in [0.2, 0.25) is 0 Å². The maximum atomic E-state index is 13.7. The van der Waals surface area contributed by atoms with Crippen molar-refractivity contribution in [3.05, 3.63) is 65.2 Å². The number of carbonyl (C=O) groups is 2. The Kier molecular flexibility index (Phi) is 7.83. The molecule has 0 radical (unpaired) electrons. The zero-order chi connectivity index (χ0) is 25.1. The summed E-state index contributed by atoms with van der Waals surface area (Å²) in [6, 6.07) is 11.7. The predicted molar refractivity (Wildman–Crippen MR) is 131 cm³/mol. The molecule has 0 bridgehead atoms. The van der Waals surface area contributed by atoms with Crippen LogP contribution in [-0.4, -0.2) is 41.8 Å². The molecule has 3 rings (SSSR count). The number of hydrogen-bond acceptors (Lipinski definition) is 5. The molecule has 2 atom stereocenters. The second-order valence-corrected chi connectivity index (χ2v) is 11.6. The number of unbranched alkanes of at least 4 members (excludes halogenated alkanes) is 1. The third-order valence-electron chi connectivity index (χ3n) is 6.27. The van der Waals surface area contributed by atoms with E-state index >= 15 is 0 Å². The predicted octanol–water partition coefficient (Wildman–Crippen LogP) is 3.86. The Bertz CT molecular complexity index is 1140. The number of carboxylic acid groups (broad SMARTS) is 1. The highest BCUT2D eigenvalue weighted by atomic mass is 32.2. The smallest absolute Gasteiger partial charge is 0.327 e. The molecule has 1 aliphatic heterocycles. The van der Waals surface area contributed by atoms with Gasteiger partial charge in [0, 0.05) is 6.54 Å². The molecule has 0 spiro atoms. The number of rotatable bonds is 8. The molecular weight excluding hydrogens is 452 g/mol. The highest BCUT2D eigenvalue weighted by Gasteiger charge is 2.42. The minimum Gasteiger partial charge on any atom is -0.480 e. The van der Waals surface area contributed by atoms with Crippen LogP contribution < -0.4 is 5.32 Å². The Hall–Kier alpha value is -2.71. The Morgan fingerprint density at radius 2 is 1.71 bits per heavy atom. The van der Waals surface area contributed by atoms with E-state index in [9.17, 15) is 23.1 Å². The third-order valence-corrected chi connectivity index (χ3v) is 8.09.